The highest BCUT2D eigenvalue weighted by atomic mass is 127. The van der Waals surface area contributed by atoms with Crippen LogP contribution in [-0.2, 0) is 13.1 Å². The Morgan fingerprint density at radius 2 is 2.00 bits per heavy atom. The van der Waals surface area contributed by atoms with Gasteiger partial charge in [-0.15, -0.1) is 35.3 Å². The van der Waals surface area contributed by atoms with Crippen molar-refractivity contribution in [1.82, 2.24) is 20.2 Å². The van der Waals surface area contributed by atoms with E-state index in [4.69, 9.17) is 4.99 Å². The number of nitrogens with one attached hydrogen (secondary N) is 2. The summed E-state index contributed by atoms with van der Waals surface area (Å²) in [6.45, 7) is 9.49. The van der Waals surface area contributed by atoms with Crippen LogP contribution in [0.3, 0.4) is 0 Å². The number of halogens is 1. The Bertz CT molecular complexity index is 868. The maximum absolute atomic E-state index is 4.70. The number of rotatable bonds is 6. The van der Waals surface area contributed by atoms with Gasteiger partial charge in [-0.1, -0.05) is 12.1 Å². The molecule has 0 atom stereocenters. The van der Waals surface area contributed by atoms with Crippen LogP contribution in [0, 0.1) is 13.8 Å². The fraction of sp³-hybridized carbons (Fsp3) is 0.368. The van der Waals surface area contributed by atoms with E-state index in [2.05, 4.69) is 70.6 Å². The van der Waals surface area contributed by atoms with Crippen LogP contribution in [0.2, 0.25) is 0 Å². The van der Waals surface area contributed by atoms with Crippen LogP contribution >= 0.6 is 35.3 Å². The molecule has 0 radical (unpaired) electrons. The lowest BCUT2D eigenvalue weighted by molar-refractivity contribution is 0.660. The maximum Gasteiger partial charge on any atom is 0.191 e. The van der Waals surface area contributed by atoms with Crippen molar-refractivity contribution >= 4 is 52.3 Å². The van der Waals surface area contributed by atoms with Gasteiger partial charge < -0.3 is 15.2 Å². The standard InChI is InChI=1S/C19H25N5S.HI/c1-4-20-19(22-13-18-14(2)9-12-25-18)21-10-11-24-15(3)23-16-7-5-6-8-17(16)24;/h5-9,12H,4,10-11,13H2,1-3H3,(H2,20,21,22);1H. The summed E-state index contributed by atoms with van der Waals surface area (Å²) in [4.78, 5) is 10.6. The Morgan fingerprint density at radius 1 is 1.19 bits per heavy atom. The van der Waals surface area contributed by atoms with Crippen LogP contribution in [0.1, 0.15) is 23.2 Å². The molecule has 2 aromatic heterocycles. The van der Waals surface area contributed by atoms with Crippen molar-refractivity contribution in [2.45, 2.75) is 33.9 Å². The van der Waals surface area contributed by atoms with Crippen LogP contribution in [0.4, 0.5) is 0 Å². The highest BCUT2D eigenvalue weighted by molar-refractivity contribution is 14.0. The molecule has 3 aromatic rings. The van der Waals surface area contributed by atoms with Gasteiger partial charge in [0.25, 0.3) is 0 Å². The highest BCUT2D eigenvalue weighted by Crippen LogP contribution is 2.16. The Balaban J connectivity index is 0.00000243. The van der Waals surface area contributed by atoms with Gasteiger partial charge >= 0.3 is 0 Å². The Labute approximate surface area is 176 Å². The second-order valence-corrected chi connectivity index (χ2v) is 6.95. The van der Waals surface area contributed by atoms with Gasteiger partial charge in [-0.05, 0) is 49.9 Å². The van der Waals surface area contributed by atoms with Crippen LogP contribution in [0.15, 0.2) is 40.7 Å². The fourth-order valence-electron chi connectivity index (χ4n) is 2.82. The summed E-state index contributed by atoms with van der Waals surface area (Å²) in [7, 11) is 0. The van der Waals surface area contributed by atoms with Gasteiger partial charge in [0.1, 0.15) is 5.82 Å². The lowest BCUT2D eigenvalue weighted by Crippen LogP contribution is -2.38. The first-order valence-electron chi connectivity index (χ1n) is 8.66. The largest absolute Gasteiger partial charge is 0.357 e. The smallest absolute Gasteiger partial charge is 0.191 e. The molecule has 0 aliphatic carbocycles. The molecule has 0 aliphatic rings. The van der Waals surface area contributed by atoms with Crippen LogP contribution in [-0.4, -0.2) is 28.6 Å². The van der Waals surface area contributed by atoms with Crippen LogP contribution < -0.4 is 10.6 Å². The zero-order valence-electron chi connectivity index (χ0n) is 15.5. The Morgan fingerprint density at radius 3 is 2.73 bits per heavy atom. The molecule has 1 aromatic carbocycles. The number of benzene rings is 1. The number of para-hydroxylation sites is 2. The van der Waals surface area contributed by atoms with Crippen molar-refractivity contribution in [1.29, 1.82) is 0 Å². The number of thiophene rings is 1. The van der Waals surface area contributed by atoms with E-state index in [1.807, 2.05) is 6.07 Å². The van der Waals surface area contributed by atoms with E-state index in [-0.39, 0.29) is 24.0 Å². The lowest BCUT2D eigenvalue weighted by Gasteiger charge is -2.13. The number of imidazole rings is 1. The Hall–Kier alpha value is -1.61. The van der Waals surface area contributed by atoms with Gasteiger partial charge in [0, 0.05) is 24.5 Å². The molecule has 2 heterocycles. The van der Waals surface area contributed by atoms with Crippen LogP contribution in [0.5, 0.6) is 0 Å². The minimum absolute atomic E-state index is 0. The second kappa shape index (κ2) is 9.91. The summed E-state index contributed by atoms with van der Waals surface area (Å²) >= 11 is 1.76. The molecular formula is C19H26IN5S. The maximum atomic E-state index is 4.70. The van der Waals surface area contributed by atoms with Crippen molar-refractivity contribution < 1.29 is 0 Å². The van der Waals surface area contributed by atoms with E-state index in [1.165, 1.54) is 16.0 Å². The molecule has 0 aliphatic heterocycles. The van der Waals surface area contributed by atoms with E-state index < -0.39 is 0 Å². The first-order chi connectivity index (χ1) is 12.2. The number of fused-ring (bicyclic) bond motifs is 1. The molecule has 3 rings (SSSR count). The SMILES string of the molecule is CCNC(=NCc1sccc1C)NCCn1c(C)nc2ccccc21.I. The third kappa shape index (κ3) is 4.97. The second-order valence-electron chi connectivity index (χ2n) is 5.95. The lowest BCUT2D eigenvalue weighted by atomic mass is 10.3. The van der Waals surface area contributed by atoms with Crippen molar-refractivity contribution in [3.8, 4) is 0 Å². The predicted molar refractivity (Wildman–Crippen MR) is 122 cm³/mol. The van der Waals surface area contributed by atoms with Crippen molar-refractivity contribution in [2.24, 2.45) is 4.99 Å². The zero-order valence-corrected chi connectivity index (χ0v) is 18.6. The highest BCUT2D eigenvalue weighted by Gasteiger charge is 2.06. The summed E-state index contributed by atoms with van der Waals surface area (Å²) in [5, 5.41) is 8.86. The van der Waals surface area contributed by atoms with Gasteiger partial charge in [-0.25, -0.2) is 9.98 Å². The summed E-state index contributed by atoms with van der Waals surface area (Å²) in [5.41, 5.74) is 3.54. The molecule has 0 spiro atoms. The third-order valence-electron chi connectivity index (χ3n) is 4.17. The molecule has 0 bridgehead atoms. The van der Waals surface area contributed by atoms with Gasteiger partial charge in [0.15, 0.2) is 5.96 Å². The zero-order chi connectivity index (χ0) is 17.6. The van der Waals surface area contributed by atoms with E-state index in [1.54, 1.807) is 11.3 Å². The van der Waals surface area contributed by atoms with Gasteiger partial charge in [-0.3, -0.25) is 0 Å². The Kier molecular flexibility index (Phi) is 7.89. The van der Waals surface area contributed by atoms with Gasteiger partial charge in [-0.2, -0.15) is 0 Å². The average Bonchev–Trinajstić information content (AvgIpc) is 3.15. The molecule has 0 fully saturated rings. The number of aryl methyl sites for hydroxylation is 2. The summed E-state index contributed by atoms with van der Waals surface area (Å²) < 4.78 is 2.25. The first-order valence-corrected chi connectivity index (χ1v) is 9.54. The van der Waals surface area contributed by atoms with E-state index >= 15 is 0 Å². The van der Waals surface area contributed by atoms with Gasteiger partial charge in [0.05, 0.1) is 17.6 Å². The summed E-state index contributed by atoms with van der Waals surface area (Å²) in [6, 6.07) is 10.4. The molecule has 140 valence electrons. The minimum Gasteiger partial charge on any atom is -0.357 e. The summed E-state index contributed by atoms with van der Waals surface area (Å²) in [5.74, 6) is 1.90. The molecular weight excluding hydrogens is 457 g/mol. The number of aliphatic imine (C=N–C) groups is 1. The molecule has 0 saturated carbocycles. The van der Waals surface area contributed by atoms with E-state index in [0.717, 1.165) is 36.9 Å². The van der Waals surface area contributed by atoms with Crippen molar-refractivity contribution in [3.63, 3.8) is 0 Å². The molecule has 26 heavy (non-hydrogen) atoms. The average molecular weight is 483 g/mol. The molecule has 0 amide bonds. The first kappa shape index (κ1) is 20.7. The fourth-order valence-corrected chi connectivity index (χ4v) is 3.65. The predicted octanol–water partition coefficient (Wildman–Crippen LogP) is 4.09. The normalized spacial score (nSPS) is 11.4. The van der Waals surface area contributed by atoms with Crippen molar-refractivity contribution in [2.75, 3.05) is 13.1 Å². The molecule has 0 saturated heterocycles. The molecule has 5 nitrogen and oxygen atoms in total. The minimum atomic E-state index is 0. The number of hydrogen-bond donors (Lipinski definition) is 2. The van der Waals surface area contributed by atoms with E-state index in [0.29, 0.717) is 6.54 Å². The number of aromatic nitrogens is 2. The van der Waals surface area contributed by atoms with Crippen molar-refractivity contribution in [3.05, 3.63) is 52.0 Å². The molecule has 7 heteroatoms. The number of nitrogens with zero attached hydrogens (tertiary/aromatic N) is 3. The quantitative estimate of drug-likeness (QED) is 0.316. The third-order valence-corrected chi connectivity index (χ3v) is 5.17. The monoisotopic (exact) mass is 483 g/mol. The molecule has 0 unspecified atom stereocenters. The number of guanidine groups is 1. The van der Waals surface area contributed by atoms with E-state index in [9.17, 15) is 0 Å². The number of hydrogen-bond acceptors (Lipinski definition) is 3. The summed E-state index contributed by atoms with van der Waals surface area (Å²) in [6.07, 6.45) is 0. The molecule has 2 N–H and O–H groups in total. The van der Waals surface area contributed by atoms with Crippen LogP contribution in [0.25, 0.3) is 11.0 Å². The topological polar surface area (TPSA) is 54.2 Å². The van der Waals surface area contributed by atoms with Gasteiger partial charge in [0.2, 0.25) is 0 Å².